The summed E-state index contributed by atoms with van der Waals surface area (Å²) in [6, 6.07) is 6.76. The minimum Gasteiger partial charge on any atom is -0.381 e. The fourth-order valence-corrected chi connectivity index (χ4v) is 3.58. The lowest BCUT2D eigenvalue weighted by molar-refractivity contribution is 0.0678. The van der Waals surface area contributed by atoms with E-state index in [4.69, 9.17) is 10.5 Å². The Morgan fingerprint density at radius 2 is 2.10 bits per heavy atom. The van der Waals surface area contributed by atoms with Gasteiger partial charge in [0.25, 0.3) is 0 Å². The fraction of sp³-hybridized carbons (Fsp3) is 0.600. The molecule has 6 heteroatoms. The summed E-state index contributed by atoms with van der Waals surface area (Å²) < 4.78 is 32.7. The normalized spacial score (nSPS) is 18.6. The van der Waals surface area contributed by atoms with Crippen molar-refractivity contribution in [3.63, 3.8) is 0 Å². The summed E-state index contributed by atoms with van der Waals surface area (Å²) in [5.74, 6) is 0.356. The van der Waals surface area contributed by atoms with E-state index in [9.17, 15) is 8.42 Å². The molecule has 1 aliphatic heterocycles. The van der Waals surface area contributed by atoms with Crippen LogP contribution in [0.25, 0.3) is 0 Å². The van der Waals surface area contributed by atoms with Crippen molar-refractivity contribution >= 4 is 10.0 Å². The van der Waals surface area contributed by atoms with Gasteiger partial charge in [-0.3, -0.25) is 0 Å². The molecule has 2 rings (SSSR count). The molecule has 3 N–H and O–H groups in total. The second-order valence-electron chi connectivity index (χ2n) is 5.49. The molecule has 118 valence electrons. The Kier molecular flexibility index (Phi) is 5.75. The summed E-state index contributed by atoms with van der Waals surface area (Å²) in [6.45, 7) is 3.88. The molecule has 0 aromatic heterocycles. The van der Waals surface area contributed by atoms with E-state index in [1.165, 1.54) is 0 Å². The lowest BCUT2D eigenvalue weighted by Crippen LogP contribution is -2.32. The molecule has 1 saturated heterocycles. The lowest BCUT2D eigenvalue weighted by Gasteiger charge is -2.22. The van der Waals surface area contributed by atoms with E-state index in [2.05, 4.69) is 4.72 Å². The molecule has 5 nitrogen and oxygen atoms in total. The summed E-state index contributed by atoms with van der Waals surface area (Å²) in [5, 5.41) is 0. The van der Waals surface area contributed by atoms with Crippen molar-refractivity contribution in [2.75, 3.05) is 19.8 Å². The Balaban J connectivity index is 2.04. The van der Waals surface area contributed by atoms with E-state index in [1.54, 1.807) is 18.2 Å². The first-order valence-corrected chi connectivity index (χ1v) is 8.94. The third-order valence-electron chi connectivity index (χ3n) is 3.94. The van der Waals surface area contributed by atoms with Crippen molar-refractivity contribution in [3.05, 3.63) is 29.8 Å². The molecule has 0 bridgehead atoms. The van der Waals surface area contributed by atoms with Crippen LogP contribution in [0.3, 0.4) is 0 Å². The predicted molar refractivity (Wildman–Crippen MR) is 82.4 cm³/mol. The van der Waals surface area contributed by atoms with E-state index in [0.717, 1.165) is 24.8 Å². The Morgan fingerprint density at radius 1 is 1.38 bits per heavy atom. The first-order valence-electron chi connectivity index (χ1n) is 7.46. The zero-order chi connectivity index (χ0) is 15.3. The van der Waals surface area contributed by atoms with E-state index < -0.39 is 10.0 Å². The summed E-state index contributed by atoms with van der Waals surface area (Å²) in [7, 11) is -3.47. The van der Waals surface area contributed by atoms with Gasteiger partial charge in [-0.15, -0.1) is 0 Å². The maximum Gasteiger partial charge on any atom is 0.240 e. The highest BCUT2D eigenvalue weighted by atomic mass is 32.2. The van der Waals surface area contributed by atoms with Gasteiger partial charge in [0.2, 0.25) is 10.0 Å². The first-order chi connectivity index (χ1) is 10.0. The van der Waals surface area contributed by atoms with Crippen LogP contribution in [0.1, 0.15) is 37.8 Å². The Bertz CT molecular complexity index is 554. The molecular weight excluding hydrogens is 288 g/mol. The lowest BCUT2D eigenvalue weighted by atomic mass is 10.0. The Labute approximate surface area is 126 Å². The minimum absolute atomic E-state index is 0.129. The highest BCUT2D eigenvalue weighted by Gasteiger charge is 2.19. The van der Waals surface area contributed by atoms with Gasteiger partial charge in [-0.2, -0.15) is 0 Å². The second-order valence-corrected chi connectivity index (χ2v) is 7.26. The molecule has 1 atom stereocenters. The smallest absolute Gasteiger partial charge is 0.240 e. The monoisotopic (exact) mass is 312 g/mol. The van der Waals surface area contributed by atoms with Crippen LogP contribution >= 0.6 is 0 Å². The molecule has 0 amide bonds. The van der Waals surface area contributed by atoms with Gasteiger partial charge in [-0.25, -0.2) is 13.1 Å². The van der Waals surface area contributed by atoms with Crippen LogP contribution in [0.2, 0.25) is 0 Å². The maximum absolute atomic E-state index is 12.4. The van der Waals surface area contributed by atoms with Crippen LogP contribution in [0.15, 0.2) is 29.2 Å². The number of sulfonamides is 1. The average Bonchev–Trinajstić information content (AvgIpc) is 2.53. The third-order valence-corrected chi connectivity index (χ3v) is 5.36. The SMILES string of the molecule is CCC(N)c1cccc(S(=O)(=O)NCC2CCOCC2)c1. The van der Waals surface area contributed by atoms with Crippen LogP contribution in [0, 0.1) is 5.92 Å². The quantitative estimate of drug-likeness (QED) is 0.839. The van der Waals surface area contributed by atoms with Gasteiger partial charge in [-0.1, -0.05) is 19.1 Å². The number of hydrogen-bond acceptors (Lipinski definition) is 4. The summed E-state index contributed by atoms with van der Waals surface area (Å²) in [4.78, 5) is 0.288. The van der Waals surface area contributed by atoms with Crippen molar-refractivity contribution in [2.45, 2.75) is 37.1 Å². The molecule has 1 unspecified atom stereocenters. The van der Waals surface area contributed by atoms with Crippen molar-refractivity contribution in [3.8, 4) is 0 Å². The molecule has 0 aliphatic carbocycles. The van der Waals surface area contributed by atoms with E-state index in [1.807, 2.05) is 13.0 Å². The van der Waals surface area contributed by atoms with Crippen LogP contribution < -0.4 is 10.5 Å². The number of nitrogens with one attached hydrogen (secondary N) is 1. The number of benzene rings is 1. The van der Waals surface area contributed by atoms with Crippen LogP contribution in [0.4, 0.5) is 0 Å². The van der Waals surface area contributed by atoms with Crippen LogP contribution in [-0.2, 0) is 14.8 Å². The molecule has 1 aliphatic rings. The molecule has 1 aromatic rings. The predicted octanol–water partition coefficient (Wildman–Crippen LogP) is 1.80. The third kappa shape index (κ3) is 4.51. The van der Waals surface area contributed by atoms with Crippen molar-refractivity contribution in [1.29, 1.82) is 0 Å². The molecule has 1 fully saturated rings. The van der Waals surface area contributed by atoms with E-state index >= 15 is 0 Å². The molecule has 0 radical (unpaired) electrons. The summed E-state index contributed by atoms with van der Waals surface area (Å²) >= 11 is 0. The van der Waals surface area contributed by atoms with Gasteiger partial charge < -0.3 is 10.5 Å². The van der Waals surface area contributed by atoms with Gasteiger partial charge in [-0.05, 0) is 42.9 Å². The van der Waals surface area contributed by atoms with Gasteiger partial charge in [0, 0.05) is 25.8 Å². The van der Waals surface area contributed by atoms with Gasteiger partial charge in [0.05, 0.1) is 4.90 Å². The topological polar surface area (TPSA) is 81.4 Å². The van der Waals surface area contributed by atoms with Crippen molar-refractivity contribution < 1.29 is 13.2 Å². The maximum atomic E-state index is 12.4. The standard InChI is InChI=1S/C15H24N2O3S/c1-2-15(16)13-4-3-5-14(10-13)21(18,19)17-11-12-6-8-20-9-7-12/h3-5,10,12,15,17H,2,6-9,11,16H2,1H3. The van der Waals surface area contributed by atoms with Crippen molar-refractivity contribution in [1.82, 2.24) is 4.72 Å². The number of hydrogen-bond donors (Lipinski definition) is 2. The highest BCUT2D eigenvalue weighted by molar-refractivity contribution is 7.89. The first kappa shape index (κ1) is 16.4. The number of ether oxygens (including phenoxy) is 1. The molecular formula is C15H24N2O3S. The number of nitrogens with two attached hydrogens (primary N) is 1. The summed E-state index contributed by atoms with van der Waals surface area (Å²) in [5.41, 5.74) is 6.82. The molecule has 0 saturated carbocycles. The largest absolute Gasteiger partial charge is 0.381 e. The average molecular weight is 312 g/mol. The van der Waals surface area contributed by atoms with Crippen LogP contribution in [0.5, 0.6) is 0 Å². The molecule has 0 spiro atoms. The van der Waals surface area contributed by atoms with E-state index in [0.29, 0.717) is 25.7 Å². The second kappa shape index (κ2) is 7.35. The minimum atomic E-state index is -3.47. The number of rotatable bonds is 6. The Morgan fingerprint density at radius 3 is 2.76 bits per heavy atom. The highest BCUT2D eigenvalue weighted by Crippen LogP contribution is 2.19. The van der Waals surface area contributed by atoms with Crippen molar-refractivity contribution in [2.24, 2.45) is 11.7 Å². The van der Waals surface area contributed by atoms with Gasteiger partial charge >= 0.3 is 0 Å². The van der Waals surface area contributed by atoms with Crippen LogP contribution in [-0.4, -0.2) is 28.2 Å². The fourth-order valence-electron chi connectivity index (χ4n) is 2.41. The summed E-state index contributed by atoms with van der Waals surface area (Å²) in [6.07, 6.45) is 2.59. The van der Waals surface area contributed by atoms with Gasteiger partial charge in [0.15, 0.2) is 0 Å². The molecule has 1 heterocycles. The molecule has 1 aromatic carbocycles. The van der Waals surface area contributed by atoms with Gasteiger partial charge in [0.1, 0.15) is 0 Å². The Hall–Kier alpha value is -0.950. The zero-order valence-corrected chi connectivity index (χ0v) is 13.2. The molecule has 21 heavy (non-hydrogen) atoms. The zero-order valence-electron chi connectivity index (χ0n) is 12.4. The van der Waals surface area contributed by atoms with E-state index in [-0.39, 0.29) is 10.9 Å².